The number of methoxy groups -OCH3 is 1. The molecule has 0 unspecified atom stereocenters. The van der Waals surface area contributed by atoms with Crippen molar-refractivity contribution >= 4 is 29.1 Å². The van der Waals surface area contributed by atoms with Gasteiger partial charge in [-0.3, -0.25) is 14.9 Å². The quantitative estimate of drug-likeness (QED) is 0.747. The number of amides is 2. The SMILES string of the molecule is CCC(=O)N(C)CN[C@]1(c2ccccc2OC)C(=O)Nc2ccc(Cl)cc21. The van der Waals surface area contributed by atoms with Crippen molar-refractivity contribution in [2.45, 2.75) is 18.9 Å². The van der Waals surface area contributed by atoms with Crippen molar-refractivity contribution in [2.24, 2.45) is 0 Å². The van der Waals surface area contributed by atoms with E-state index in [4.69, 9.17) is 16.3 Å². The highest BCUT2D eigenvalue weighted by Gasteiger charge is 2.50. The molecule has 0 aromatic heterocycles. The van der Waals surface area contributed by atoms with Gasteiger partial charge in [0.1, 0.15) is 5.75 Å². The van der Waals surface area contributed by atoms with E-state index in [1.165, 1.54) is 0 Å². The van der Waals surface area contributed by atoms with Crippen molar-refractivity contribution in [1.29, 1.82) is 0 Å². The molecule has 2 N–H and O–H groups in total. The minimum Gasteiger partial charge on any atom is -0.496 e. The van der Waals surface area contributed by atoms with Crippen molar-refractivity contribution in [3.8, 4) is 5.75 Å². The maximum absolute atomic E-state index is 13.2. The lowest BCUT2D eigenvalue weighted by molar-refractivity contribution is -0.131. The van der Waals surface area contributed by atoms with Crippen LogP contribution in [0.4, 0.5) is 5.69 Å². The van der Waals surface area contributed by atoms with Gasteiger partial charge in [-0.2, -0.15) is 0 Å². The number of nitrogens with zero attached hydrogens (tertiary/aromatic N) is 1. The largest absolute Gasteiger partial charge is 0.496 e. The first kappa shape index (κ1) is 19.2. The molecular formula is C20H22ClN3O3. The minimum atomic E-state index is -1.23. The third kappa shape index (κ3) is 3.26. The highest BCUT2D eigenvalue weighted by molar-refractivity contribution is 6.31. The van der Waals surface area contributed by atoms with Gasteiger partial charge >= 0.3 is 0 Å². The first-order valence-corrected chi connectivity index (χ1v) is 9.05. The first-order chi connectivity index (χ1) is 12.9. The van der Waals surface area contributed by atoms with Crippen LogP contribution in [0.15, 0.2) is 42.5 Å². The lowest BCUT2D eigenvalue weighted by atomic mass is 9.83. The number of carbonyl (C=O) groups is 2. The maximum Gasteiger partial charge on any atom is 0.254 e. The standard InChI is InChI=1S/C20H22ClN3O3/c1-4-18(25)24(2)12-22-20(14-7-5-6-8-17(14)27-3)15-11-13(21)9-10-16(15)23-19(20)26/h5-11,22H,4,12H2,1-3H3,(H,23,26)/t20-/m0/s1. The molecule has 27 heavy (non-hydrogen) atoms. The van der Waals surface area contributed by atoms with Crippen LogP contribution in [-0.2, 0) is 15.1 Å². The van der Waals surface area contributed by atoms with Crippen molar-refractivity contribution < 1.29 is 14.3 Å². The van der Waals surface area contributed by atoms with E-state index in [2.05, 4.69) is 10.6 Å². The van der Waals surface area contributed by atoms with Crippen LogP contribution in [0.25, 0.3) is 0 Å². The summed E-state index contributed by atoms with van der Waals surface area (Å²) in [6, 6.07) is 12.6. The van der Waals surface area contributed by atoms with Crippen LogP contribution in [-0.4, -0.2) is 37.5 Å². The van der Waals surface area contributed by atoms with Gasteiger partial charge in [0.25, 0.3) is 5.91 Å². The first-order valence-electron chi connectivity index (χ1n) is 8.68. The van der Waals surface area contributed by atoms with Crippen LogP contribution in [0.2, 0.25) is 5.02 Å². The Morgan fingerprint density at radius 3 is 2.70 bits per heavy atom. The zero-order valence-electron chi connectivity index (χ0n) is 15.5. The lowest BCUT2D eigenvalue weighted by Gasteiger charge is -2.33. The van der Waals surface area contributed by atoms with Gasteiger partial charge in [0.2, 0.25) is 5.91 Å². The van der Waals surface area contributed by atoms with E-state index in [-0.39, 0.29) is 18.5 Å². The highest BCUT2D eigenvalue weighted by Crippen LogP contribution is 2.45. The summed E-state index contributed by atoms with van der Waals surface area (Å²) >= 11 is 6.23. The van der Waals surface area contributed by atoms with E-state index in [9.17, 15) is 9.59 Å². The Labute approximate surface area is 163 Å². The predicted molar refractivity (Wildman–Crippen MR) is 105 cm³/mol. The van der Waals surface area contributed by atoms with Gasteiger partial charge in [0.15, 0.2) is 5.54 Å². The second-order valence-corrected chi connectivity index (χ2v) is 6.81. The lowest BCUT2D eigenvalue weighted by Crippen LogP contribution is -2.53. The van der Waals surface area contributed by atoms with Gasteiger partial charge in [-0.05, 0) is 24.3 Å². The Morgan fingerprint density at radius 2 is 2.00 bits per heavy atom. The highest BCUT2D eigenvalue weighted by atomic mass is 35.5. The molecule has 1 heterocycles. The van der Waals surface area contributed by atoms with Crippen molar-refractivity contribution in [3.63, 3.8) is 0 Å². The fourth-order valence-electron chi connectivity index (χ4n) is 3.36. The molecular weight excluding hydrogens is 366 g/mol. The summed E-state index contributed by atoms with van der Waals surface area (Å²) in [5.74, 6) is 0.293. The van der Waals surface area contributed by atoms with E-state index < -0.39 is 5.54 Å². The van der Waals surface area contributed by atoms with Crippen molar-refractivity contribution in [1.82, 2.24) is 10.2 Å². The molecule has 1 aliphatic heterocycles. The summed E-state index contributed by atoms with van der Waals surface area (Å²) in [5, 5.41) is 6.72. The number of hydrogen-bond acceptors (Lipinski definition) is 4. The van der Waals surface area contributed by atoms with Gasteiger partial charge in [-0.1, -0.05) is 36.7 Å². The Kier molecular flexibility index (Phi) is 5.39. The number of halogens is 1. The molecule has 2 amide bonds. The Morgan fingerprint density at radius 1 is 1.26 bits per heavy atom. The van der Waals surface area contributed by atoms with Gasteiger partial charge in [0, 0.05) is 35.3 Å². The molecule has 0 saturated heterocycles. The maximum atomic E-state index is 13.2. The Balaban J connectivity index is 2.15. The number of ether oxygens (including phenoxy) is 1. The molecule has 1 aliphatic rings. The average Bonchev–Trinajstić information content (AvgIpc) is 2.96. The summed E-state index contributed by atoms with van der Waals surface area (Å²) in [5.41, 5.74) is 0.798. The zero-order chi connectivity index (χ0) is 19.6. The molecule has 2 aromatic rings. The number of hydrogen-bond donors (Lipinski definition) is 2. The molecule has 0 fully saturated rings. The third-order valence-electron chi connectivity index (χ3n) is 4.79. The second-order valence-electron chi connectivity index (χ2n) is 6.37. The topological polar surface area (TPSA) is 70.7 Å². The van der Waals surface area contributed by atoms with E-state index in [1.807, 2.05) is 18.2 Å². The van der Waals surface area contributed by atoms with Crippen molar-refractivity contribution in [2.75, 3.05) is 26.1 Å². The number of carbonyl (C=O) groups excluding carboxylic acids is 2. The molecule has 0 radical (unpaired) electrons. The molecule has 2 aromatic carbocycles. The minimum absolute atomic E-state index is 0.0256. The molecule has 142 valence electrons. The van der Waals surface area contributed by atoms with Crippen LogP contribution in [0.3, 0.4) is 0 Å². The predicted octanol–water partition coefficient (Wildman–Crippen LogP) is 2.96. The number of benzene rings is 2. The number of anilines is 1. The molecule has 1 atom stereocenters. The average molecular weight is 388 g/mol. The molecule has 3 rings (SSSR count). The molecule has 0 spiro atoms. The van der Waals surface area contributed by atoms with E-state index in [0.29, 0.717) is 34.0 Å². The van der Waals surface area contributed by atoms with Crippen LogP contribution < -0.4 is 15.4 Å². The van der Waals surface area contributed by atoms with Gasteiger partial charge in [-0.25, -0.2) is 0 Å². The normalized spacial score (nSPS) is 18.0. The monoisotopic (exact) mass is 387 g/mol. The Bertz CT molecular complexity index is 887. The summed E-state index contributed by atoms with van der Waals surface area (Å²) in [6.07, 6.45) is 0.383. The molecule has 0 bridgehead atoms. The van der Waals surface area contributed by atoms with Crippen LogP contribution in [0, 0.1) is 0 Å². The summed E-state index contributed by atoms with van der Waals surface area (Å²) in [6.45, 7) is 1.98. The smallest absolute Gasteiger partial charge is 0.254 e. The summed E-state index contributed by atoms with van der Waals surface area (Å²) in [7, 11) is 3.26. The van der Waals surface area contributed by atoms with Gasteiger partial charge in [0.05, 0.1) is 13.8 Å². The zero-order valence-corrected chi connectivity index (χ0v) is 16.3. The van der Waals surface area contributed by atoms with Crippen LogP contribution in [0.1, 0.15) is 24.5 Å². The third-order valence-corrected chi connectivity index (χ3v) is 5.03. The van der Waals surface area contributed by atoms with E-state index in [0.717, 1.165) is 0 Å². The fraction of sp³-hybridized carbons (Fsp3) is 0.300. The van der Waals surface area contributed by atoms with Gasteiger partial charge < -0.3 is 15.0 Å². The number of nitrogens with one attached hydrogen (secondary N) is 2. The second kappa shape index (κ2) is 7.58. The van der Waals surface area contributed by atoms with Crippen LogP contribution >= 0.6 is 11.6 Å². The van der Waals surface area contributed by atoms with Gasteiger partial charge in [-0.15, -0.1) is 0 Å². The van der Waals surface area contributed by atoms with Crippen molar-refractivity contribution in [3.05, 3.63) is 58.6 Å². The molecule has 0 aliphatic carbocycles. The number of rotatable bonds is 6. The summed E-state index contributed by atoms with van der Waals surface area (Å²) < 4.78 is 5.52. The fourth-order valence-corrected chi connectivity index (χ4v) is 3.53. The number of para-hydroxylation sites is 1. The Hall–Kier alpha value is -2.57. The molecule has 0 saturated carbocycles. The van der Waals surface area contributed by atoms with E-state index >= 15 is 0 Å². The van der Waals surface area contributed by atoms with E-state index in [1.54, 1.807) is 50.2 Å². The number of fused-ring (bicyclic) bond motifs is 1. The summed E-state index contributed by atoms with van der Waals surface area (Å²) in [4.78, 5) is 26.8. The molecule has 6 nitrogen and oxygen atoms in total. The molecule has 7 heteroatoms. The van der Waals surface area contributed by atoms with Crippen LogP contribution in [0.5, 0.6) is 5.75 Å².